The molecule has 0 radical (unpaired) electrons. The molecular weight excluding hydrogens is 324 g/mol. The molecule has 2 aromatic carbocycles. The van der Waals surface area contributed by atoms with E-state index in [1.165, 1.54) is 5.56 Å². The molecule has 3 N–H and O–H groups in total. The van der Waals surface area contributed by atoms with Crippen LogP contribution in [0, 0.1) is 0 Å². The molecule has 0 bridgehead atoms. The molecule has 1 unspecified atom stereocenters. The third-order valence-electron chi connectivity index (χ3n) is 3.56. The van der Waals surface area contributed by atoms with E-state index in [0.29, 0.717) is 24.8 Å². The van der Waals surface area contributed by atoms with Crippen LogP contribution in [0.4, 0.5) is 0 Å². The van der Waals surface area contributed by atoms with Crippen molar-refractivity contribution in [2.24, 2.45) is 5.73 Å². The summed E-state index contributed by atoms with van der Waals surface area (Å²) in [5, 5.41) is 2.80. The minimum Gasteiger partial charge on any atom is -0.476 e. The maximum Gasteiger partial charge on any atom is 0.265 e. The van der Waals surface area contributed by atoms with Gasteiger partial charge in [0.1, 0.15) is 5.75 Å². The zero-order valence-corrected chi connectivity index (χ0v) is 14.9. The SMILES string of the molecule is CC(C)c1cccc(OC(C(=O)NCCN)c2ccccc2)c1.Cl. The van der Waals surface area contributed by atoms with E-state index in [2.05, 4.69) is 25.2 Å². The Balaban J connectivity index is 0.00000288. The second kappa shape index (κ2) is 9.96. The van der Waals surface area contributed by atoms with Crippen molar-refractivity contribution in [1.29, 1.82) is 0 Å². The summed E-state index contributed by atoms with van der Waals surface area (Å²) in [6.45, 7) is 5.08. The van der Waals surface area contributed by atoms with Gasteiger partial charge in [0.05, 0.1) is 0 Å². The first kappa shape index (κ1) is 20.0. The molecule has 2 rings (SSSR count). The molecule has 4 nitrogen and oxygen atoms in total. The predicted octanol–water partition coefficient (Wildman–Crippen LogP) is 3.43. The van der Waals surface area contributed by atoms with Crippen LogP contribution in [-0.4, -0.2) is 19.0 Å². The molecule has 1 atom stereocenters. The molecular formula is C19H25ClN2O2. The molecule has 0 saturated carbocycles. The van der Waals surface area contributed by atoms with Gasteiger partial charge in [-0.1, -0.05) is 56.3 Å². The van der Waals surface area contributed by atoms with Crippen molar-refractivity contribution in [2.45, 2.75) is 25.9 Å². The van der Waals surface area contributed by atoms with Crippen molar-refractivity contribution in [3.05, 3.63) is 65.7 Å². The lowest BCUT2D eigenvalue weighted by molar-refractivity contribution is -0.128. The summed E-state index contributed by atoms with van der Waals surface area (Å²) in [5.74, 6) is 0.907. The Kier molecular flexibility index (Phi) is 8.30. The van der Waals surface area contributed by atoms with Crippen LogP contribution in [0.25, 0.3) is 0 Å². The number of hydrogen-bond donors (Lipinski definition) is 2. The van der Waals surface area contributed by atoms with Crippen LogP contribution in [0.5, 0.6) is 5.75 Å². The van der Waals surface area contributed by atoms with E-state index in [-0.39, 0.29) is 18.3 Å². The maximum absolute atomic E-state index is 12.4. The monoisotopic (exact) mass is 348 g/mol. The van der Waals surface area contributed by atoms with Crippen LogP contribution in [0.1, 0.15) is 37.0 Å². The lowest BCUT2D eigenvalue weighted by atomic mass is 10.0. The highest BCUT2D eigenvalue weighted by atomic mass is 35.5. The number of nitrogens with two attached hydrogens (primary N) is 1. The standard InChI is InChI=1S/C19H24N2O2.ClH/c1-14(2)16-9-6-10-17(13-16)23-18(19(22)21-12-11-20)15-7-4-3-5-8-15;/h3-10,13-14,18H,11-12,20H2,1-2H3,(H,21,22);1H. The highest BCUT2D eigenvalue weighted by Crippen LogP contribution is 2.25. The highest BCUT2D eigenvalue weighted by molar-refractivity contribution is 5.85. The van der Waals surface area contributed by atoms with E-state index in [1.54, 1.807) is 0 Å². The number of rotatable bonds is 7. The van der Waals surface area contributed by atoms with Crippen LogP contribution in [0.2, 0.25) is 0 Å². The number of halogens is 1. The number of hydrogen-bond acceptors (Lipinski definition) is 3. The lowest BCUT2D eigenvalue weighted by Gasteiger charge is -2.20. The fourth-order valence-electron chi connectivity index (χ4n) is 2.27. The summed E-state index contributed by atoms with van der Waals surface area (Å²) < 4.78 is 6.00. The van der Waals surface area contributed by atoms with Crippen LogP contribution >= 0.6 is 12.4 Å². The van der Waals surface area contributed by atoms with Gasteiger partial charge < -0.3 is 15.8 Å². The second-order valence-corrected chi connectivity index (χ2v) is 5.72. The van der Waals surface area contributed by atoms with E-state index < -0.39 is 6.10 Å². The van der Waals surface area contributed by atoms with Gasteiger partial charge in [-0.3, -0.25) is 4.79 Å². The van der Waals surface area contributed by atoms with Gasteiger partial charge in [-0.2, -0.15) is 0 Å². The van der Waals surface area contributed by atoms with E-state index in [1.807, 2.05) is 48.5 Å². The van der Waals surface area contributed by atoms with Gasteiger partial charge in [0.15, 0.2) is 0 Å². The minimum absolute atomic E-state index is 0. The molecule has 0 spiro atoms. The summed E-state index contributed by atoms with van der Waals surface area (Å²) in [5.41, 5.74) is 7.46. The van der Waals surface area contributed by atoms with Crippen molar-refractivity contribution in [3.63, 3.8) is 0 Å². The topological polar surface area (TPSA) is 64.3 Å². The zero-order valence-electron chi connectivity index (χ0n) is 14.1. The zero-order chi connectivity index (χ0) is 16.7. The molecule has 0 aromatic heterocycles. The first-order valence-corrected chi connectivity index (χ1v) is 7.91. The minimum atomic E-state index is -0.690. The van der Waals surface area contributed by atoms with Crippen molar-refractivity contribution in [3.8, 4) is 5.75 Å². The Morgan fingerprint density at radius 3 is 2.38 bits per heavy atom. The van der Waals surface area contributed by atoms with Crippen LogP contribution in [0.3, 0.4) is 0 Å². The maximum atomic E-state index is 12.4. The molecule has 2 aromatic rings. The van der Waals surface area contributed by atoms with Gasteiger partial charge >= 0.3 is 0 Å². The Bertz CT molecular complexity index is 632. The Hall–Kier alpha value is -2.04. The van der Waals surface area contributed by atoms with Crippen LogP contribution < -0.4 is 15.8 Å². The number of amides is 1. The van der Waals surface area contributed by atoms with Crippen LogP contribution in [0.15, 0.2) is 54.6 Å². The number of benzene rings is 2. The van der Waals surface area contributed by atoms with Gasteiger partial charge in [-0.15, -0.1) is 12.4 Å². The number of carbonyl (C=O) groups is 1. The van der Waals surface area contributed by atoms with E-state index in [0.717, 1.165) is 5.56 Å². The fourth-order valence-corrected chi connectivity index (χ4v) is 2.27. The van der Waals surface area contributed by atoms with Crippen LogP contribution in [-0.2, 0) is 4.79 Å². The molecule has 0 aliphatic heterocycles. The molecule has 130 valence electrons. The fraction of sp³-hybridized carbons (Fsp3) is 0.316. The normalized spacial score (nSPS) is 11.5. The Labute approximate surface area is 149 Å². The molecule has 0 saturated heterocycles. The molecule has 0 heterocycles. The predicted molar refractivity (Wildman–Crippen MR) is 99.7 cm³/mol. The van der Waals surface area contributed by atoms with E-state index >= 15 is 0 Å². The smallest absolute Gasteiger partial charge is 0.265 e. The van der Waals surface area contributed by atoms with Crippen molar-refractivity contribution < 1.29 is 9.53 Å². The summed E-state index contributed by atoms with van der Waals surface area (Å²) >= 11 is 0. The second-order valence-electron chi connectivity index (χ2n) is 5.72. The first-order chi connectivity index (χ1) is 11.1. The van der Waals surface area contributed by atoms with E-state index in [4.69, 9.17) is 10.5 Å². The van der Waals surface area contributed by atoms with Gasteiger partial charge in [-0.05, 0) is 23.6 Å². The summed E-state index contributed by atoms with van der Waals surface area (Å²) in [7, 11) is 0. The molecule has 0 aliphatic rings. The molecule has 1 amide bonds. The largest absolute Gasteiger partial charge is 0.476 e. The number of ether oxygens (including phenoxy) is 1. The molecule has 0 fully saturated rings. The van der Waals surface area contributed by atoms with E-state index in [9.17, 15) is 4.79 Å². The van der Waals surface area contributed by atoms with Gasteiger partial charge in [0.25, 0.3) is 5.91 Å². The third kappa shape index (κ3) is 5.55. The molecule has 24 heavy (non-hydrogen) atoms. The summed E-state index contributed by atoms with van der Waals surface area (Å²) in [4.78, 5) is 12.4. The average molecular weight is 349 g/mol. The molecule has 0 aliphatic carbocycles. The highest BCUT2D eigenvalue weighted by Gasteiger charge is 2.22. The van der Waals surface area contributed by atoms with Gasteiger partial charge in [0.2, 0.25) is 6.10 Å². The average Bonchev–Trinajstić information content (AvgIpc) is 2.58. The van der Waals surface area contributed by atoms with Gasteiger partial charge in [-0.25, -0.2) is 0 Å². The molecule has 5 heteroatoms. The summed E-state index contributed by atoms with van der Waals surface area (Å²) in [6.07, 6.45) is -0.690. The summed E-state index contributed by atoms with van der Waals surface area (Å²) in [6, 6.07) is 17.3. The number of carbonyl (C=O) groups excluding carboxylic acids is 1. The third-order valence-corrected chi connectivity index (χ3v) is 3.56. The Morgan fingerprint density at radius 2 is 1.75 bits per heavy atom. The first-order valence-electron chi connectivity index (χ1n) is 7.91. The van der Waals surface area contributed by atoms with Gasteiger partial charge in [0, 0.05) is 18.7 Å². The Morgan fingerprint density at radius 1 is 1.08 bits per heavy atom. The number of nitrogens with one attached hydrogen (secondary N) is 1. The quantitative estimate of drug-likeness (QED) is 0.805. The van der Waals surface area contributed by atoms with Crippen molar-refractivity contribution in [2.75, 3.05) is 13.1 Å². The lowest BCUT2D eigenvalue weighted by Crippen LogP contribution is -2.35. The van der Waals surface area contributed by atoms with Crippen molar-refractivity contribution >= 4 is 18.3 Å². The van der Waals surface area contributed by atoms with Crippen molar-refractivity contribution in [1.82, 2.24) is 5.32 Å².